The summed E-state index contributed by atoms with van der Waals surface area (Å²) in [6, 6.07) is 5.85. The van der Waals surface area contributed by atoms with Crippen LogP contribution in [0.3, 0.4) is 0 Å². The predicted octanol–water partition coefficient (Wildman–Crippen LogP) is 2.82. The van der Waals surface area contributed by atoms with Crippen molar-refractivity contribution >= 4 is 16.1 Å². The lowest BCUT2D eigenvalue weighted by Gasteiger charge is -2.20. The summed E-state index contributed by atoms with van der Waals surface area (Å²) in [6.45, 7) is 7.68. The average Bonchev–Trinajstić information content (AvgIpc) is 2.35. The van der Waals surface area contributed by atoms with Gasteiger partial charge in [-0.1, -0.05) is 17.7 Å². The minimum atomic E-state index is -4.27. The molecule has 0 amide bonds. The lowest BCUT2D eigenvalue weighted by Crippen LogP contribution is -2.27. The van der Waals surface area contributed by atoms with Crippen LogP contribution < -0.4 is 0 Å². The Balaban J connectivity index is 2.96. The van der Waals surface area contributed by atoms with Gasteiger partial charge in [0.15, 0.2) is 0 Å². The Bertz CT molecular complexity index is 660. The zero-order chi connectivity index (χ0) is 18.1. The van der Waals surface area contributed by atoms with E-state index < -0.39 is 34.2 Å². The number of hydrogen-bond acceptors (Lipinski definition) is 5. The first-order chi connectivity index (χ1) is 10.2. The highest BCUT2D eigenvalue weighted by Gasteiger charge is 2.23. The van der Waals surface area contributed by atoms with Gasteiger partial charge in [-0.25, -0.2) is 0 Å². The maximum absolute atomic E-state index is 12.2. The molecule has 1 aromatic carbocycles. The van der Waals surface area contributed by atoms with Gasteiger partial charge in [-0.15, -0.1) is 0 Å². The maximum atomic E-state index is 12.2. The summed E-state index contributed by atoms with van der Waals surface area (Å²) in [5, 5.41) is 0. The van der Waals surface area contributed by atoms with Crippen LogP contribution in [0.2, 0.25) is 0 Å². The van der Waals surface area contributed by atoms with E-state index in [1.165, 1.54) is 12.1 Å². The zero-order valence-corrected chi connectivity index (χ0v) is 13.7. The van der Waals surface area contributed by atoms with Crippen molar-refractivity contribution in [1.82, 2.24) is 0 Å². The summed E-state index contributed by atoms with van der Waals surface area (Å²) in [5.41, 5.74) is 0.0205. The van der Waals surface area contributed by atoms with Gasteiger partial charge >= 0.3 is 5.97 Å². The number of aryl methyl sites for hydroxylation is 1. The Morgan fingerprint density at radius 3 is 2.33 bits per heavy atom. The molecule has 0 aliphatic heterocycles. The van der Waals surface area contributed by atoms with E-state index >= 15 is 0 Å². The van der Waals surface area contributed by atoms with Crippen LogP contribution in [0.1, 0.15) is 42.4 Å². The van der Waals surface area contributed by atoms with Gasteiger partial charge < -0.3 is 4.74 Å². The second-order valence-electron chi connectivity index (χ2n) is 5.64. The molecule has 0 heterocycles. The molecule has 1 rings (SSSR count). The van der Waals surface area contributed by atoms with Crippen LogP contribution in [0.25, 0.3) is 0 Å². The fourth-order valence-electron chi connectivity index (χ4n) is 1.45. The summed E-state index contributed by atoms with van der Waals surface area (Å²) in [7, 11) is -4.27. The summed E-state index contributed by atoms with van der Waals surface area (Å²) in [4.78, 5) is 11.7. The highest BCUT2D eigenvalue weighted by Crippen LogP contribution is 2.17. The van der Waals surface area contributed by atoms with E-state index in [-0.39, 0.29) is 4.90 Å². The van der Waals surface area contributed by atoms with Crippen LogP contribution in [-0.4, -0.2) is 26.1 Å². The molecule has 0 aliphatic rings. The van der Waals surface area contributed by atoms with Crippen LogP contribution in [0.15, 0.2) is 29.2 Å². The standard InChI is InChI=1S/C15H22O5S/c1-11-6-8-13(9-7-11)21(17,18)20-12(2)10-14(16)19-15(3,4)5/h6-9,12H,10H2,1-5H3/t12-/m1/s1/i10D,12D/t10-,12+/m0. The van der Waals surface area contributed by atoms with E-state index in [4.69, 9.17) is 11.7 Å². The molecular formula is C15H22O5S. The van der Waals surface area contributed by atoms with Crippen molar-refractivity contribution in [1.29, 1.82) is 0 Å². The first kappa shape index (κ1) is 14.5. The molecule has 1 aromatic rings. The lowest BCUT2D eigenvalue weighted by molar-refractivity contribution is -0.156. The quantitative estimate of drug-likeness (QED) is 0.617. The summed E-state index contributed by atoms with van der Waals surface area (Å²) in [5.74, 6) is -1.02. The normalized spacial score (nSPS) is 18.1. The van der Waals surface area contributed by atoms with Gasteiger partial charge in [0.25, 0.3) is 10.1 Å². The Morgan fingerprint density at radius 1 is 1.33 bits per heavy atom. The van der Waals surface area contributed by atoms with Crippen molar-refractivity contribution in [2.24, 2.45) is 0 Å². The van der Waals surface area contributed by atoms with Gasteiger partial charge in [0.2, 0.25) is 0 Å². The van der Waals surface area contributed by atoms with Crippen LogP contribution in [-0.2, 0) is 23.8 Å². The molecule has 0 saturated carbocycles. The third kappa shape index (κ3) is 6.27. The molecule has 6 heteroatoms. The minimum absolute atomic E-state index is 0.141. The molecule has 5 nitrogen and oxygen atoms in total. The van der Waals surface area contributed by atoms with E-state index in [2.05, 4.69) is 0 Å². The zero-order valence-electron chi connectivity index (χ0n) is 14.8. The third-order valence-electron chi connectivity index (χ3n) is 2.28. The maximum Gasteiger partial charge on any atom is 0.308 e. The summed E-state index contributed by atoms with van der Waals surface area (Å²) in [6.07, 6.45) is -4.14. The molecule has 0 bridgehead atoms. The van der Waals surface area contributed by atoms with Gasteiger partial charge in [0, 0.05) is 1.37 Å². The van der Waals surface area contributed by atoms with Gasteiger partial charge in [-0.2, -0.15) is 8.42 Å². The Morgan fingerprint density at radius 2 is 1.86 bits per heavy atom. The number of carbonyl (C=O) groups excluding carboxylic acids is 1. The van der Waals surface area contributed by atoms with Gasteiger partial charge in [0.05, 0.1) is 18.7 Å². The Hall–Kier alpha value is -1.40. The monoisotopic (exact) mass is 316 g/mol. The second kappa shape index (κ2) is 6.58. The summed E-state index contributed by atoms with van der Waals surface area (Å²) >= 11 is 0. The molecule has 0 fully saturated rings. The van der Waals surface area contributed by atoms with Crippen LogP contribution in [0, 0.1) is 6.92 Å². The molecule has 0 spiro atoms. The van der Waals surface area contributed by atoms with Crippen LogP contribution in [0.4, 0.5) is 0 Å². The lowest BCUT2D eigenvalue weighted by atomic mass is 10.2. The molecule has 0 radical (unpaired) electrons. The topological polar surface area (TPSA) is 69.7 Å². The molecule has 21 heavy (non-hydrogen) atoms. The van der Waals surface area contributed by atoms with E-state index in [1.54, 1.807) is 39.8 Å². The highest BCUT2D eigenvalue weighted by molar-refractivity contribution is 7.86. The molecule has 0 N–H and O–H groups in total. The van der Waals surface area contributed by atoms with E-state index in [0.29, 0.717) is 0 Å². The fraction of sp³-hybridized carbons (Fsp3) is 0.533. The number of carbonyl (C=O) groups is 1. The number of hydrogen-bond donors (Lipinski definition) is 0. The van der Waals surface area contributed by atoms with Gasteiger partial charge in [0.1, 0.15) is 5.60 Å². The number of benzene rings is 1. The Kier molecular flexibility index (Phi) is 4.55. The number of rotatable bonds is 5. The van der Waals surface area contributed by atoms with E-state index in [0.717, 1.165) is 12.5 Å². The fourth-order valence-corrected chi connectivity index (χ4v) is 2.41. The van der Waals surface area contributed by atoms with Crippen molar-refractivity contribution in [3.63, 3.8) is 0 Å². The predicted molar refractivity (Wildman–Crippen MR) is 79.4 cm³/mol. The number of esters is 1. The molecule has 0 saturated heterocycles. The molecule has 118 valence electrons. The van der Waals surface area contributed by atoms with Gasteiger partial charge in [-0.3, -0.25) is 8.98 Å². The third-order valence-corrected chi connectivity index (χ3v) is 3.61. The molecular weight excluding hydrogens is 292 g/mol. The van der Waals surface area contributed by atoms with Crippen LogP contribution in [0.5, 0.6) is 0 Å². The van der Waals surface area contributed by atoms with Crippen molar-refractivity contribution in [2.45, 2.75) is 57.6 Å². The van der Waals surface area contributed by atoms with E-state index in [9.17, 15) is 13.2 Å². The molecule has 0 aromatic heterocycles. The first-order valence-corrected chi connectivity index (χ1v) is 7.83. The van der Waals surface area contributed by atoms with Crippen molar-refractivity contribution in [3.05, 3.63) is 29.8 Å². The smallest absolute Gasteiger partial charge is 0.308 e. The van der Waals surface area contributed by atoms with Crippen molar-refractivity contribution in [2.75, 3.05) is 0 Å². The summed E-state index contributed by atoms with van der Waals surface area (Å²) < 4.78 is 49.9. The highest BCUT2D eigenvalue weighted by atomic mass is 32.2. The van der Waals surface area contributed by atoms with Gasteiger partial charge in [-0.05, 0) is 46.8 Å². The average molecular weight is 316 g/mol. The largest absolute Gasteiger partial charge is 0.460 e. The minimum Gasteiger partial charge on any atom is -0.460 e. The Labute approximate surface area is 129 Å². The van der Waals surface area contributed by atoms with Crippen molar-refractivity contribution < 1.29 is 24.9 Å². The second-order valence-corrected chi connectivity index (χ2v) is 7.19. The first-order valence-electron chi connectivity index (χ1n) is 7.50. The van der Waals surface area contributed by atoms with Crippen LogP contribution >= 0.6 is 0 Å². The SMILES string of the molecule is [2H][C@H](C(=O)OC(C)(C)C)[C@@]([2H])(C)OS(=O)(=O)c1ccc(C)cc1. The molecule has 0 unspecified atom stereocenters. The molecule has 0 aliphatic carbocycles. The number of ether oxygens (including phenoxy) is 1. The molecule has 2 atom stereocenters. The van der Waals surface area contributed by atoms with E-state index in [1.807, 2.05) is 0 Å². The van der Waals surface area contributed by atoms with Crippen molar-refractivity contribution in [3.8, 4) is 0 Å².